The average molecular weight is 356 g/mol. The molecule has 6 heteroatoms. The summed E-state index contributed by atoms with van der Waals surface area (Å²) in [6.07, 6.45) is 1.89. The normalized spacial score (nSPS) is 12.6. The van der Waals surface area contributed by atoms with Crippen molar-refractivity contribution < 1.29 is 4.42 Å². The molecule has 0 amide bonds. The zero-order valence-electron chi connectivity index (χ0n) is 12.9. The molecule has 0 unspecified atom stereocenters. The number of halogens is 1. The molecule has 0 bridgehead atoms. The first-order valence-electron chi connectivity index (χ1n) is 7.53. The van der Waals surface area contributed by atoms with Crippen LogP contribution in [0.25, 0.3) is 22.4 Å². The maximum atomic E-state index is 6.25. The quantitative estimate of drug-likeness (QED) is 0.475. The summed E-state index contributed by atoms with van der Waals surface area (Å²) in [5, 5.41) is 10.8. The Morgan fingerprint density at radius 2 is 1.88 bits per heavy atom. The van der Waals surface area contributed by atoms with Gasteiger partial charge in [-0.25, -0.2) is 0 Å². The van der Waals surface area contributed by atoms with E-state index in [4.69, 9.17) is 16.0 Å². The van der Waals surface area contributed by atoms with Gasteiger partial charge in [-0.05, 0) is 24.6 Å². The number of fused-ring (bicyclic) bond motifs is 1. The lowest BCUT2D eigenvalue weighted by Gasteiger charge is -2.10. The van der Waals surface area contributed by atoms with E-state index in [1.54, 1.807) is 0 Å². The minimum atomic E-state index is 0.120. The fraction of sp³-hybridized carbons (Fsp3) is 0.111. The SMILES string of the molecule is C[C@@H](Sc1nnc(-c2c[nH]c3ccccc23)o1)c1ccccc1Cl. The molecule has 120 valence electrons. The van der Waals surface area contributed by atoms with E-state index in [2.05, 4.69) is 22.1 Å². The molecule has 0 saturated carbocycles. The minimum Gasteiger partial charge on any atom is -0.411 e. The Morgan fingerprint density at radius 3 is 2.75 bits per heavy atom. The van der Waals surface area contributed by atoms with Crippen LogP contribution in [0, 0.1) is 0 Å². The lowest BCUT2D eigenvalue weighted by atomic mass is 10.2. The molecule has 0 fully saturated rings. The summed E-state index contributed by atoms with van der Waals surface area (Å²) in [5.74, 6) is 0.515. The van der Waals surface area contributed by atoms with Crippen LogP contribution >= 0.6 is 23.4 Å². The molecule has 4 rings (SSSR count). The van der Waals surface area contributed by atoms with Gasteiger partial charge in [0, 0.05) is 27.4 Å². The second-order valence-electron chi connectivity index (χ2n) is 5.40. The molecule has 2 heterocycles. The third-order valence-electron chi connectivity index (χ3n) is 3.85. The van der Waals surface area contributed by atoms with Crippen molar-refractivity contribution in [2.45, 2.75) is 17.4 Å². The van der Waals surface area contributed by atoms with Gasteiger partial charge in [0.15, 0.2) is 0 Å². The van der Waals surface area contributed by atoms with E-state index in [1.165, 1.54) is 11.8 Å². The van der Waals surface area contributed by atoms with Gasteiger partial charge < -0.3 is 9.40 Å². The molecule has 1 atom stereocenters. The summed E-state index contributed by atoms with van der Waals surface area (Å²) >= 11 is 7.75. The molecule has 0 aliphatic heterocycles. The highest BCUT2D eigenvalue weighted by Gasteiger charge is 2.17. The molecular weight excluding hydrogens is 342 g/mol. The van der Waals surface area contributed by atoms with Crippen molar-refractivity contribution >= 4 is 34.3 Å². The monoisotopic (exact) mass is 355 g/mol. The first-order chi connectivity index (χ1) is 11.7. The van der Waals surface area contributed by atoms with Gasteiger partial charge in [0.2, 0.25) is 0 Å². The third-order valence-corrected chi connectivity index (χ3v) is 5.17. The smallest absolute Gasteiger partial charge is 0.277 e. The van der Waals surface area contributed by atoms with Crippen molar-refractivity contribution in [2.24, 2.45) is 0 Å². The predicted octanol–water partition coefficient (Wildman–Crippen LogP) is 5.72. The number of hydrogen-bond acceptors (Lipinski definition) is 4. The van der Waals surface area contributed by atoms with E-state index in [9.17, 15) is 0 Å². The van der Waals surface area contributed by atoms with Gasteiger partial charge >= 0.3 is 0 Å². The standard InChI is InChI=1S/C18H14ClN3OS/c1-11(12-6-2-4-8-15(12)19)24-18-22-21-17(23-18)14-10-20-16-9-5-3-7-13(14)16/h2-11,20H,1H3/t11-/m1/s1. The van der Waals surface area contributed by atoms with Gasteiger partial charge in [0.1, 0.15) is 0 Å². The minimum absolute atomic E-state index is 0.120. The lowest BCUT2D eigenvalue weighted by molar-refractivity contribution is 0.465. The van der Waals surface area contributed by atoms with Crippen LogP contribution in [0.1, 0.15) is 17.7 Å². The van der Waals surface area contributed by atoms with Gasteiger partial charge in [0.05, 0.1) is 5.56 Å². The maximum absolute atomic E-state index is 6.25. The number of rotatable bonds is 4. The van der Waals surface area contributed by atoms with Crippen LogP contribution in [0.15, 0.2) is 64.4 Å². The predicted molar refractivity (Wildman–Crippen MR) is 97.3 cm³/mol. The molecule has 0 aliphatic carbocycles. The van der Waals surface area contributed by atoms with Gasteiger partial charge in [-0.1, -0.05) is 59.8 Å². The van der Waals surface area contributed by atoms with Crippen molar-refractivity contribution in [3.05, 3.63) is 65.3 Å². The molecule has 2 aromatic heterocycles. The van der Waals surface area contributed by atoms with Crippen LogP contribution in [0.4, 0.5) is 0 Å². The molecule has 1 N–H and O–H groups in total. The summed E-state index contributed by atoms with van der Waals surface area (Å²) in [6, 6.07) is 15.8. The van der Waals surface area contributed by atoms with E-state index in [1.807, 2.05) is 54.7 Å². The Morgan fingerprint density at radius 1 is 1.08 bits per heavy atom. The first-order valence-corrected chi connectivity index (χ1v) is 8.79. The second kappa shape index (κ2) is 6.34. The fourth-order valence-corrected chi connectivity index (χ4v) is 3.85. The second-order valence-corrected chi connectivity index (χ2v) is 7.10. The summed E-state index contributed by atoms with van der Waals surface area (Å²) in [4.78, 5) is 3.22. The topological polar surface area (TPSA) is 54.7 Å². The zero-order chi connectivity index (χ0) is 16.5. The molecular formula is C18H14ClN3OS. The van der Waals surface area contributed by atoms with E-state index >= 15 is 0 Å². The number of aromatic nitrogens is 3. The van der Waals surface area contributed by atoms with E-state index in [-0.39, 0.29) is 5.25 Å². The Kier molecular flexibility index (Phi) is 4.04. The van der Waals surface area contributed by atoms with Gasteiger partial charge in [-0.15, -0.1) is 10.2 Å². The highest BCUT2D eigenvalue weighted by Crippen LogP contribution is 2.38. The Bertz CT molecular complexity index is 995. The number of hydrogen-bond donors (Lipinski definition) is 1. The highest BCUT2D eigenvalue weighted by molar-refractivity contribution is 7.99. The van der Waals surface area contributed by atoms with E-state index in [0.717, 1.165) is 27.1 Å². The van der Waals surface area contributed by atoms with Crippen LogP contribution in [0.5, 0.6) is 0 Å². The molecule has 4 aromatic rings. The number of benzene rings is 2. The number of aromatic amines is 1. The summed E-state index contributed by atoms with van der Waals surface area (Å²) in [7, 11) is 0. The Balaban J connectivity index is 1.60. The van der Waals surface area contributed by atoms with E-state index < -0.39 is 0 Å². The van der Waals surface area contributed by atoms with Crippen molar-refractivity contribution in [1.29, 1.82) is 0 Å². The summed E-state index contributed by atoms with van der Waals surface area (Å²) < 4.78 is 5.85. The van der Waals surface area contributed by atoms with Crippen molar-refractivity contribution in [1.82, 2.24) is 15.2 Å². The molecule has 4 nitrogen and oxygen atoms in total. The zero-order valence-corrected chi connectivity index (χ0v) is 14.4. The third kappa shape index (κ3) is 2.81. The number of para-hydroxylation sites is 1. The molecule has 2 aromatic carbocycles. The van der Waals surface area contributed by atoms with Gasteiger partial charge in [-0.3, -0.25) is 0 Å². The first kappa shape index (κ1) is 15.3. The number of H-pyrrole nitrogens is 1. The molecule has 0 radical (unpaired) electrons. The molecule has 0 aliphatic rings. The Labute approximate surface area is 148 Å². The molecule has 0 spiro atoms. The van der Waals surface area contributed by atoms with Crippen molar-refractivity contribution in [3.8, 4) is 11.5 Å². The molecule has 24 heavy (non-hydrogen) atoms. The van der Waals surface area contributed by atoms with Crippen LogP contribution in [-0.2, 0) is 0 Å². The number of thioether (sulfide) groups is 1. The highest BCUT2D eigenvalue weighted by atomic mass is 35.5. The average Bonchev–Trinajstić information content (AvgIpc) is 3.21. The molecule has 0 saturated heterocycles. The van der Waals surface area contributed by atoms with Crippen LogP contribution in [0.2, 0.25) is 5.02 Å². The maximum Gasteiger partial charge on any atom is 0.277 e. The number of nitrogens with one attached hydrogen (secondary N) is 1. The number of nitrogens with zero attached hydrogens (tertiary/aromatic N) is 2. The van der Waals surface area contributed by atoms with Crippen LogP contribution in [-0.4, -0.2) is 15.2 Å². The fourth-order valence-electron chi connectivity index (χ4n) is 2.63. The Hall–Kier alpha value is -2.24. The summed E-state index contributed by atoms with van der Waals surface area (Å²) in [5.41, 5.74) is 3.01. The lowest BCUT2D eigenvalue weighted by Crippen LogP contribution is -1.89. The van der Waals surface area contributed by atoms with E-state index in [0.29, 0.717) is 11.1 Å². The van der Waals surface area contributed by atoms with Crippen LogP contribution < -0.4 is 0 Å². The van der Waals surface area contributed by atoms with Crippen LogP contribution in [0.3, 0.4) is 0 Å². The van der Waals surface area contributed by atoms with Crippen molar-refractivity contribution in [2.75, 3.05) is 0 Å². The van der Waals surface area contributed by atoms with Gasteiger partial charge in [0.25, 0.3) is 11.1 Å². The largest absolute Gasteiger partial charge is 0.411 e. The van der Waals surface area contributed by atoms with Crippen molar-refractivity contribution in [3.63, 3.8) is 0 Å². The van der Waals surface area contributed by atoms with Gasteiger partial charge in [-0.2, -0.15) is 0 Å². The summed E-state index contributed by atoms with van der Waals surface area (Å²) in [6.45, 7) is 2.07.